The predicted octanol–water partition coefficient (Wildman–Crippen LogP) is 4.73. The van der Waals surface area contributed by atoms with Crippen LogP contribution in [-0.4, -0.2) is 4.98 Å². The first-order valence-corrected chi connectivity index (χ1v) is 7.15. The Labute approximate surface area is 111 Å². The molecule has 0 atom stereocenters. The molecule has 0 radical (unpaired) electrons. The molecular formula is C14H16ClNS. The molecule has 2 aromatic rings. The summed E-state index contributed by atoms with van der Waals surface area (Å²) >= 11 is 7.69. The number of aromatic nitrogens is 1. The molecule has 0 N–H and O–H groups in total. The van der Waals surface area contributed by atoms with E-state index in [0.717, 1.165) is 17.9 Å². The Kier molecular flexibility index (Phi) is 4.57. The second-order valence-electron chi connectivity index (χ2n) is 4.13. The van der Waals surface area contributed by atoms with Crippen LogP contribution in [0.3, 0.4) is 0 Å². The van der Waals surface area contributed by atoms with Crippen molar-refractivity contribution in [1.82, 2.24) is 4.98 Å². The van der Waals surface area contributed by atoms with Crippen molar-refractivity contribution in [3.05, 3.63) is 50.9 Å². The zero-order valence-corrected chi connectivity index (χ0v) is 11.5. The predicted molar refractivity (Wildman–Crippen MR) is 75.0 cm³/mol. The highest BCUT2D eigenvalue weighted by Gasteiger charge is 2.03. The van der Waals surface area contributed by atoms with Gasteiger partial charge < -0.3 is 0 Å². The molecule has 0 aliphatic carbocycles. The Morgan fingerprint density at radius 2 is 2.00 bits per heavy atom. The molecular weight excluding hydrogens is 250 g/mol. The van der Waals surface area contributed by atoms with Crippen molar-refractivity contribution >= 4 is 22.9 Å². The molecule has 0 saturated carbocycles. The molecule has 0 bridgehead atoms. The minimum atomic E-state index is 0.793. The normalized spacial score (nSPS) is 10.7. The first kappa shape index (κ1) is 12.6. The fraction of sp³-hybridized carbons (Fsp3) is 0.357. The third-order valence-electron chi connectivity index (χ3n) is 2.64. The van der Waals surface area contributed by atoms with E-state index in [1.807, 2.05) is 29.7 Å². The maximum Gasteiger partial charge on any atom is 0.0927 e. The van der Waals surface area contributed by atoms with Crippen molar-refractivity contribution in [3.63, 3.8) is 0 Å². The Hall–Kier alpha value is -0.860. The van der Waals surface area contributed by atoms with E-state index in [1.165, 1.54) is 28.3 Å². The molecule has 3 heteroatoms. The van der Waals surface area contributed by atoms with Gasteiger partial charge in [-0.1, -0.05) is 37.1 Å². The van der Waals surface area contributed by atoms with Crippen LogP contribution in [0, 0.1) is 0 Å². The van der Waals surface area contributed by atoms with Gasteiger partial charge in [0.25, 0.3) is 0 Å². The van der Waals surface area contributed by atoms with Crippen molar-refractivity contribution in [2.75, 3.05) is 0 Å². The molecule has 17 heavy (non-hydrogen) atoms. The SMILES string of the molecule is CCCCc1ncc(Cc2ccc(Cl)cc2)s1. The first-order chi connectivity index (χ1) is 8.28. The van der Waals surface area contributed by atoms with E-state index < -0.39 is 0 Å². The number of aryl methyl sites for hydroxylation is 1. The third kappa shape index (κ3) is 3.83. The van der Waals surface area contributed by atoms with Gasteiger partial charge in [0, 0.05) is 22.5 Å². The molecule has 0 fully saturated rings. The van der Waals surface area contributed by atoms with Gasteiger partial charge in [-0.25, -0.2) is 4.98 Å². The summed E-state index contributed by atoms with van der Waals surface area (Å²) in [7, 11) is 0. The standard InChI is InChI=1S/C14H16ClNS/c1-2-3-4-14-16-10-13(17-14)9-11-5-7-12(15)8-6-11/h5-8,10H,2-4,9H2,1H3. The van der Waals surface area contributed by atoms with Crippen LogP contribution in [0.15, 0.2) is 30.5 Å². The van der Waals surface area contributed by atoms with Gasteiger partial charge >= 0.3 is 0 Å². The van der Waals surface area contributed by atoms with E-state index in [4.69, 9.17) is 11.6 Å². The van der Waals surface area contributed by atoms with E-state index in [2.05, 4.69) is 24.0 Å². The van der Waals surface area contributed by atoms with Gasteiger partial charge in [-0.15, -0.1) is 11.3 Å². The number of thiazole rings is 1. The van der Waals surface area contributed by atoms with Crippen LogP contribution in [-0.2, 0) is 12.8 Å². The van der Waals surface area contributed by atoms with Gasteiger partial charge in [-0.05, 0) is 30.5 Å². The second kappa shape index (κ2) is 6.18. The summed E-state index contributed by atoms with van der Waals surface area (Å²) in [6, 6.07) is 8.04. The average Bonchev–Trinajstić information content (AvgIpc) is 2.77. The van der Waals surface area contributed by atoms with Gasteiger partial charge in [-0.3, -0.25) is 0 Å². The molecule has 90 valence electrons. The molecule has 0 amide bonds. The second-order valence-corrected chi connectivity index (χ2v) is 5.76. The molecule has 1 nitrogen and oxygen atoms in total. The number of nitrogens with zero attached hydrogens (tertiary/aromatic N) is 1. The van der Waals surface area contributed by atoms with Gasteiger partial charge in [0.15, 0.2) is 0 Å². The van der Waals surface area contributed by atoms with Crippen LogP contribution >= 0.6 is 22.9 Å². The molecule has 0 spiro atoms. The molecule has 1 aromatic carbocycles. The zero-order valence-electron chi connectivity index (χ0n) is 9.95. The lowest BCUT2D eigenvalue weighted by atomic mass is 10.1. The van der Waals surface area contributed by atoms with Gasteiger partial charge in [0.2, 0.25) is 0 Å². The topological polar surface area (TPSA) is 12.9 Å². The van der Waals surface area contributed by atoms with E-state index in [0.29, 0.717) is 0 Å². The highest BCUT2D eigenvalue weighted by atomic mass is 35.5. The monoisotopic (exact) mass is 265 g/mol. The molecule has 0 aliphatic rings. The summed E-state index contributed by atoms with van der Waals surface area (Å²) in [4.78, 5) is 5.79. The summed E-state index contributed by atoms with van der Waals surface area (Å²) in [6.45, 7) is 2.21. The molecule has 2 rings (SSSR count). The number of rotatable bonds is 5. The minimum absolute atomic E-state index is 0.793. The number of halogens is 1. The van der Waals surface area contributed by atoms with Crippen LogP contribution in [0.4, 0.5) is 0 Å². The van der Waals surface area contributed by atoms with Crippen LogP contribution in [0.25, 0.3) is 0 Å². The molecule has 1 heterocycles. The summed E-state index contributed by atoms with van der Waals surface area (Å²) < 4.78 is 0. The number of hydrogen-bond donors (Lipinski definition) is 0. The molecule has 0 saturated heterocycles. The van der Waals surface area contributed by atoms with Crippen molar-refractivity contribution < 1.29 is 0 Å². The quantitative estimate of drug-likeness (QED) is 0.762. The maximum absolute atomic E-state index is 5.87. The average molecular weight is 266 g/mol. The zero-order chi connectivity index (χ0) is 12.1. The molecule has 1 aromatic heterocycles. The summed E-state index contributed by atoms with van der Waals surface area (Å²) in [5.41, 5.74) is 1.29. The number of hydrogen-bond acceptors (Lipinski definition) is 2. The maximum atomic E-state index is 5.87. The third-order valence-corrected chi connectivity index (χ3v) is 3.95. The van der Waals surface area contributed by atoms with Crippen molar-refractivity contribution in [1.29, 1.82) is 0 Å². The fourth-order valence-electron chi connectivity index (χ4n) is 1.68. The minimum Gasteiger partial charge on any atom is -0.249 e. The van der Waals surface area contributed by atoms with Gasteiger partial charge in [0.1, 0.15) is 0 Å². The summed E-state index contributed by atoms with van der Waals surface area (Å²) in [6.07, 6.45) is 6.53. The fourth-order valence-corrected chi connectivity index (χ4v) is 2.80. The summed E-state index contributed by atoms with van der Waals surface area (Å²) in [5.74, 6) is 0. The highest BCUT2D eigenvalue weighted by Crippen LogP contribution is 2.19. The van der Waals surface area contributed by atoms with E-state index in [1.54, 1.807) is 0 Å². The van der Waals surface area contributed by atoms with Crippen LogP contribution in [0.2, 0.25) is 5.02 Å². The highest BCUT2D eigenvalue weighted by molar-refractivity contribution is 7.11. The van der Waals surface area contributed by atoms with E-state index in [-0.39, 0.29) is 0 Å². The first-order valence-electron chi connectivity index (χ1n) is 5.96. The largest absolute Gasteiger partial charge is 0.249 e. The smallest absolute Gasteiger partial charge is 0.0927 e. The Morgan fingerprint density at radius 1 is 1.24 bits per heavy atom. The van der Waals surface area contributed by atoms with Crippen molar-refractivity contribution in [2.45, 2.75) is 32.6 Å². The lowest BCUT2D eigenvalue weighted by Crippen LogP contribution is -1.83. The summed E-state index contributed by atoms with van der Waals surface area (Å²) in [5, 5.41) is 2.05. The van der Waals surface area contributed by atoms with E-state index >= 15 is 0 Å². The molecule has 0 aliphatic heterocycles. The van der Waals surface area contributed by atoms with Crippen LogP contribution in [0.5, 0.6) is 0 Å². The van der Waals surface area contributed by atoms with Crippen LogP contribution in [0.1, 0.15) is 35.2 Å². The lowest BCUT2D eigenvalue weighted by Gasteiger charge is -1.98. The van der Waals surface area contributed by atoms with Gasteiger partial charge in [-0.2, -0.15) is 0 Å². The number of benzene rings is 1. The van der Waals surface area contributed by atoms with Crippen molar-refractivity contribution in [2.24, 2.45) is 0 Å². The Balaban J connectivity index is 1.98. The van der Waals surface area contributed by atoms with Crippen LogP contribution < -0.4 is 0 Å². The Bertz CT molecular complexity index is 461. The van der Waals surface area contributed by atoms with Gasteiger partial charge in [0.05, 0.1) is 5.01 Å². The van der Waals surface area contributed by atoms with E-state index in [9.17, 15) is 0 Å². The number of unbranched alkanes of at least 4 members (excludes halogenated alkanes) is 1. The lowest BCUT2D eigenvalue weighted by molar-refractivity contribution is 0.790. The molecule has 0 unspecified atom stereocenters. The Morgan fingerprint density at radius 3 is 2.71 bits per heavy atom. The van der Waals surface area contributed by atoms with Crippen molar-refractivity contribution in [3.8, 4) is 0 Å².